The molecule has 1 aliphatic rings. The van der Waals surface area contributed by atoms with Crippen LogP contribution in [0.15, 0.2) is 30.4 Å². The van der Waals surface area contributed by atoms with Gasteiger partial charge in [-0.2, -0.15) is 0 Å². The lowest BCUT2D eigenvalue weighted by Crippen LogP contribution is -2.33. The molecule has 2 rings (SSSR count). The SMILES string of the molecule is O=C(N[C@@H]1C=C[C@H](CO)C1)c1ccc(F)c(F)c1. The summed E-state index contributed by atoms with van der Waals surface area (Å²) in [5.41, 5.74) is 0.0785. The highest BCUT2D eigenvalue weighted by Gasteiger charge is 2.20. The highest BCUT2D eigenvalue weighted by atomic mass is 19.2. The minimum Gasteiger partial charge on any atom is -0.396 e. The van der Waals surface area contributed by atoms with E-state index < -0.39 is 17.5 Å². The first-order valence-electron chi connectivity index (χ1n) is 5.65. The van der Waals surface area contributed by atoms with Crippen molar-refractivity contribution in [2.75, 3.05) is 6.61 Å². The Balaban J connectivity index is 2.00. The molecule has 0 aliphatic heterocycles. The van der Waals surface area contributed by atoms with E-state index in [-0.39, 0.29) is 24.1 Å². The van der Waals surface area contributed by atoms with Crippen molar-refractivity contribution in [2.45, 2.75) is 12.5 Å². The van der Waals surface area contributed by atoms with Gasteiger partial charge in [0.15, 0.2) is 11.6 Å². The van der Waals surface area contributed by atoms with Gasteiger partial charge >= 0.3 is 0 Å². The molecule has 0 spiro atoms. The van der Waals surface area contributed by atoms with Gasteiger partial charge in [-0.3, -0.25) is 4.79 Å². The van der Waals surface area contributed by atoms with E-state index >= 15 is 0 Å². The van der Waals surface area contributed by atoms with Crippen LogP contribution in [0.5, 0.6) is 0 Å². The summed E-state index contributed by atoms with van der Waals surface area (Å²) in [7, 11) is 0. The molecule has 2 atom stereocenters. The lowest BCUT2D eigenvalue weighted by Gasteiger charge is -2.12. The molecule has 1 aromatic carbocycles. The number of aliphatic hydroxyl groups is 1. The number of halogens is 2. The topological polar surface area (TPSA) is 49.3 Å². The Labute approximate surface area is 103 Å². The number of amides is 1. The summed E-state index contributed by atoms with van der Waals surface area (Å²) in [4.78, 5) is 11.8. The van der Waals surface area contributed by atoms with Gasteiger partial charge in [0.2, 0.25) is 0 Å². The summed E-state index contributed by atoms with van der Waals surface area (Å²) in [5.74, 6) is -2.44. The fourth-order valence-corrected chi connectivity index (χ4v) is 1.91. The van der Waals surface area contributed by atoms with Gasteiger partial charge in [0.05, 0.1) is 0 Å². The van der Waals surface area contributed by atoms with E-state index in [2.05, 4.69) is 5.32 Å². The van der Waals surface area contributed by atoms with Gasteiger partial charge in [0.1, 0.15) is 0 Å². The zero-order valence-electron chi connectivity index (χ0n) is 9.57. The molecule has 0 unspecified atom stereocenters. The van der Waals surface area contributed by atoms with Gasteiger partial charge in [-0.25, -0.2) is 8.78 Å². The average Bonchev–Trinajstić information content (AvgIpc) is 2.80. The normalized spacial score (nSPS) is 22.2. The van der Waals surface area contributed by atoms with Gasteiger partial charge in [-0.15, -0.1) is 0 Å². The Morgan fingerprint density at radius 1 is 1.33 bits per heavy atom. The third-order valence-electron chi connectivity index (χ3n) is 2.91. The van der Waals surface area contributed by atoms with Crippen molar-refractivity contribution in [3.05, 3.63) is 47.5 Å². The predicted octanol–water partition coefficient (Wildman–Crippen LogP) is 1.63. The van der Waals surface area contributed by atoms with Crippen molar-refractivity contribution in [2.24, 2.45) is 5.92 Å². The molecule has 18 heavy (non-hydrogen) atoms. The fraction of sp³-hybridized carbons (Fsp3) is 0.308. The predicted molar refractivity (Wildman–Crippen MR) is 61.9 cm³/mol. The smallest absolute Gasteiger partial charge is 0.251 e. The molecule has 0 saturated carbocycles. The van der Waals surface area contributed by atoms with E-state index in [0.717, 1.165) is 12.1 Å². The Bertz CT molecular complexity index is 488. The molecule has 0 fully saturated rings. The number of carbonyl (C=O) groups is 1. The summed E-state index contributed by atoms with van der Waals surface area (Å²) < 4.78 is 25.7. The van der Waals surface area contributed by atoms with Gasteiger partial charge in [0, 0.05) is 24.1 Å². The van der Waals surface area contributed by atoms with Crippen molar-refractivity contribution < 1.29 is 18.7 Å². The summed E-state index contributed by atoms with van der Waals surface area (Å²) in [5, 5.41) is 11.6. The van der Waals surface area contributed by atoms with Crippen LogP contribution in [0.25, 0.3) is 0 Å². The Kier molecular flexibility index (Phi) is 3.72. The first-order valence-corrected chi connectivity index (χ1v) is 5.65. The second-order valence-electron chi connectivity index (χ2n) is 4.27. The second kappa shape index (κ2) is 5.27. The minimum atomic E-state index is -1.04. The van der Waals surface area contributed by atoms with Gasteiger partial charge in [-0.1, -0.05) is 12.2 Å². The molecule has 5 heteroatoms. The van der Waals surface area contributed by atoms with E-state index in [1.54, 1.807) is 6.08 Å². The van der Waals surface area contributed by atoms with Crippen LogP contribution in [0.2, 0.25) is 0 Å². The van der Waals surface area contributed by atoms with Crippen molar-refractivity contribution in [3.8, 4) is 0 Å². The number of hydrogen-bond acceptors (Lipinski definition) is 2. The van der Waals surface area contributed by atoms with Crippen LogP contribution in [0, 0.1) is 17.6 Å². The average molecular weight is 253 g/mol. The number of carbonyl (C=O) groups excluding carboxylic acids is 1. The summed E-state index contributed by atoms with van der Waals surface area (Å²) in [6.07, 6.45) is 4.24. The standard InChI is InChI=1S/C13H13F2NO2/c14-11-4-2-9(6-12(11)15)13(18)16-10-3-1-8(5-10)7-17/h1-4,6,8,10,17H,5,7H2,(H,16,18)/t8-,10+/m0/s1. The molecule has 0 bridgehead atoms. The van der Waals surface area contributed by atoms with Crippen molar-refractivity contribution >= 4 is 5.91 Å². The zero-order valence-corrected chi connectivity index (χ0v) is 9.57. The lowest BCUT2D eigenvalue weighted by molar-refractivity contribution is 0.0940. The molecular formula is C13H13F2NO2. The number of benzene rings is 1. The number of nitrogens with one attached hydrogen (secondary N) is 1. The molecule has 96 valence electrons. The Hall–Kier alpha value is -1.75. The second-order valence-corrected chi connectivity index (χ2v) is 4.27. The van der Waals surface area contributed by atoms with Crippen LogP contribution in [0.1, 0.15) is 16.8 Å². The van der Waals surface area contributed by atoms with E-state index in [9.17, 15) is 13.6 Å². The van der Waals surface area contributed by atoms with Crippen LogP contribution in [-0.2, 0) is 0 Å². The van der Waals surface area contributed by atoms with E-state index in [1.807, 2.05) is 6.08 Å². The summed E-state index contributed by atoms with van der Waals surface area (Å²) >= 11 is 0. The van der Waals surface area contributed by atoms with Gasteiger partial charge < -0.3 is 10.4 Å². The fourth-order valence-electron chi connectivity index (χ4n) is 1.91. The highest BCUT2D eigenvalue weighted by Crippen LogP contribution is 2.17. The number of aliphatic hydroxyl groups excluding tert-OH is 1. The Morgan fingerprint density at radius 2 is 2.11 bits per heavy atom. The molecule has 0 heterocycles. The summed E-state index contributed by atoms with van der Waals surface area (Å²) in [6, 6.07) is 2.84. The maximum absolute atomic E-state index is 13.0. The first kappa shape index (κ1) is 12.7. The molecule has 0 radical (unpaired) electrons. The minimum absolute atomic E-state index is 0.0358. The van der Waals surface area contributed by atoms with E-state index in [0.29, 0.717) is 6.42 Å². The molecule has 1 aromatic rings. The monoisotopic (exact) mass is 253 g/mol. The zero-order chi connectivity index (χ0) is 13.1. The summed E-state index contributed by atoms with van der Waals surface area (Å²) in [6.45, 7) is 0.0358. The quantitative estimate of drug-likeness (QED) is 0.804. The van der Waals surface area contributed by atoms with Crippen molar-refractivity contribution in [3.63, 3.8) is 0 Å². The van der Waals surface area contributed by atoms with Crippen LogP contribution in [-0.4, -0.2) is 23.7 Å². The van der Waals surface area contributed by atoms with Crippen LogP contribution in [0.3, 0.4) is 0 Å². The third-order valence-corrected chi connectivity index (χ3v) is 2.91. The maximum Gasteiger partial charge on any atom is 0.251 e. The van der Waals surface area contributed by atoms with Crippen LogP contribution < -0.4 is 5.32 Å². The third kappa shape index (κ3) is 2.73. The largest absolute Gasteiger partial charge is 0.396 e. The lowest BCUT2D eigenvalue weighted by atomic mass is 10.1. The number of hydrogen-bond donors (Lipinski definition) is 2. The molecule has 2 N–H and O–H groups in total. The van der Waals surface area contributed by atoms with E-state index in [4.69, 9.17) is 5.11 Å². The van der Waals surface area contributed by atoms with Crippen molar-refractivity contribution in [1.82, 2.24) is 5.32 Å². The molecule has 1 amide bonds. The molecule has 1 aliphatic carbocycles. The number of rotatable bonds is 3. The molecule has 0 aromatic heterocycles. The molecular weight excluding hydrogens is 240 g/mol. The van der Waals surface area contributed by atoms with Crippen LogP contribution in [0.4, 0.5) is 8.78 Å². The molecule has 0 saturated heterocycles. The van der Waals surface area contributed by atoms with Crippen LogP contribution >= 0.6 is 0 Å². The van der Waals surface area contributed by atoms with Crippen molar-refractivity contribution in [1.29, 1.82) is 0 Å². The first-order chi connectivity index (χ1) is 8.60. The van der Waals surface area contributed by atoms with Gasteiger partial charge in [-0.05, 0) is 24.6 Å². The van der Waals surface area contributed by atoms with Gasteiger partial charge in [0.25, 0.3) is 5.91 Å². The van der Waals surface area contributed by atoms with E-state index in [1.165, 1.54) is 6.07 Å². The molecule has 3 nitrogen and oxygen atoms in total. The maximum atomic E-state index is 13.0. The highest BCUT2D eigenvalue weighted by molar-refractivity contribution is 5.94. The Morgan fingerprint density at radius 3 is 2.72 bits per heavy atom.